The van der Waals surface area contributed by atoms with Gasteiger partial charge in [-0.25, -0.2) is 0 Å². The van der Waals surface area contributed by atoms with Crippen LogP contribution in [-0.2, 0) is 11.3 Å². The van der Waals surface area contributed by atoms with E-state index in [1.165, 1.54) is 0 Å². The molecule has 0 aliphatic carbocycles. The van der Waals surface area contributed by atoms with Crippen molar-refractivity contribution in [3.05, 3.63) is 48.3 Å². The summed E-state index contributed by atoms with van der Waals surface area (Å²) in [5, 5.41) is 15.4. The molecule has 0 saturated heterocycles. The summed E-state index contributed by atoms with van der Waals surface area (Å²) < 4.78 is 1.76. The van der Waals surface area contributed by atoms with Gasteiger partial charge in [0.2, 0.25) is 0 Å². The quantitative estimate of drug-likeness (QED) is 0.816. The normalized spacial score (nSPS) is 10.1. The Morgan fingerprint density at radius 2 is 2.12 bits per heavy atom. The number of nitrogens with zero attached hydrogens (tertiary/aromatic N) is 2. The van der Waals surface area contributed by atoms with Gasteiger partial charge in [-0.1, -0.05) is 30.3 Å². The number of nitrogens with one attached hydrogen (secondary N) is 1. The lowest BCUT2D eigenvalue weighted by molar-refractivity contribution is -0.134. The summed E-state index contributed by atoms with van der Waals surface area (Å²) in [6, 6.07) is 9.95. The molecule has 0 aliphatic rings. The fraction of sp³-hybridized carbons (Fsp3) is 0.167. The van der Waals surface area contributed by atoms with Crippen LogP contribution in [0.5, 0.6) is 0 Å². The van der Waals surface area contributed by atoms with Crippen LogP contribution in [0.3, 0.4) is 0 Å². The van der Waals surface area contributed by atoms with Gasteiger partial charge in [0.05, 0.1) is 18.4 Å². The predicted octanol–water partition coefficient (Wildman–Crippen LogP) is 1.43. The van der Waals surface area contributed by atoms with Crippen molar-refractivity contribution in [1.82, 2.24) is 9.78 Å². The minimum absolute atomic E-state index is 0.100. The minimum Gasteiger partial charge on any atom is -0.480 e. The highest BCUT2D eigenvalue weighted by Crippen LogP contribution is 2.07. The number of benzene rings is 1. The van der Waals surface area contributed by atoms with Crippen LogP contribution in [0, 0.1) is 0 Å². The molecule has 0 unspecified atom stereocenters. The van der Waals surface area contributed by atoms with Gasteiger partial charge < -0.3 is 10.4 Å². The van der Waals surface area contributed by atoms with Crippen LogP contribution in [-0.4, -0.2) is 27.4 Å². The van der Waals surface area contributed by atoms with Crippen molar-refractivity contribution in [2.75, 3.05) is 11.9 Å². The Labute approximate surface area is 98.7 Å². The molecule has 0 amide bonds. The molecule has 0 radical (unpaired) electrons. The van der Waals surface area contributed by atoms with Gasteiger partial charge in [-0.3, -0.25) is 9.48 Å². The highest BCUT2D eigenvalue weighted by molar-refractivity contribution is 5.72. The van der Waals surface area contributed by atoms with E-state index in [0.29, 0.717) is 12.2 Å². The number of carboxylic acid groups (broad SMARTS) is 1. The lowest BCUT2D eigenvalue weighted by atomic mass is 10.2. The van der Waals surface area contributed by atoms with Gasteiger partial charge in [-0.15, -0.1) is 0 Å². The van der Waals surface area contributed by atoms with Gasteiger partial charge in [-0.05, 0) is 5.56 Å². The Bertz CT molecular complexity index is 493. The molecule has 5 nitrogen and oxygen atoms in total. The molecule has 1 heterocycles. The molecule has 0 aliphatic heterocycles. The Hall–Kier alpha value is -2.30. The highest BCUT2D eigenvalue weighted by Gasteiger charge is 2.01. The third kappa shape index (κ3) is 3.34. The maximum absolute atomic E-state index is 10.4. The van der Waals surface area contributed by atoms with E-state index in [2.05, 4.69) is 10.4 Å². The first kappa shape index (κ1) is 11.2. The van der Waals surface area contributed by atoms with Crippen LogP contribution in [0.15, 0.2) is 42.7 Å². The molecule has 2 N–H and O–H groups in total. The van der Waals surface area contributed by atoms with Crippen molar-refractivity contribution in [3.8, 4) is 0 Å². The molecule has 2 aromatic rings. The average Bonchev–Trinajstić information content (AvgIpc) is 2.75. The number of aromatic nitrogens is 2. The van der Waals surface area contributed by atoms with Gasteiger partial charge in [0, 0.05) is 6.20 Å². The summed E-state index contributed by atoms with van der Waals surface area (Å²) in [7, 11) is 0. The Morgan fingerprint density at radius 1 is 1.35 bits per heavy atom. The molecule has 88 valence electrons. The van der Waals surface area contributed by atoms with Gasteiger partial charge in [0.1, 0.15) is 6.54 Å². The van der Waals surface area contributed by atoms with Crippen LogP contribution in [0.4, 0.5) is 5.69 Å². The lowest BCUT2D eigenvalue weighted by Gasteiger charge is -2.01. The second-order valence-corrected chi connectivity index (χ2v) is 3.66. The summed E-state index contributed by atoms with van der Waals surface area (Å²) in [6.45, 7) is 0.576. The third-order valence-corrected chi connectivity index (χ3v) is 2.26. The third-order valence-electron chi connectivity index (χ3n) is 2.26. The molecule has 0 spiro atoms. The first-order valence-electron chi connectivity index (χ1n) is 5.26. The van der Waals surface area contributed by atoms with Gasteiger partial charge >= 0.3 is 5.97 Å². The minimum atomic E-state index is -0.888. The van der Waals surface area contributed by atoms with E-state index in [4.69, 9.17) is 5.11 Å². The summed E-state index contributed by atoms with van der Waals surface area (Å²) in [5.74, 6) is -0.888. The van der Waals surface area contributed by atoms with Crippen LogP contribution in [0.25, 0.3) is 0 Å². The summed E-state index contributed by atoms with van der Waals surface area (Å²) in [4.78, 5) is 10.4. The molecule has 0 fully saturated rings. The molecule has 5 heteroatoms. The second kappa shape index (κ2) is 5.16. The van der Waals surface area contributed by atoms with Crippen molar-refractivity contribution < 1.29 is 9.90 Å². The molecule has 1 aromatic heterocycles. The van der Waals surface area contributed by atoms with Crippen molar-refractivity contribution in [2.24, 2.45) is 0 Å². The average molecular weight is 231 g/mol. The van der Waals surface area contributed by atoms with E-state index >= 15 is 0 Å². The molecular weight excluding hydrogens is 218 g/mol. The Morgan fingerprint density at radius 3 is 2.82 bits per heavy atom. The summed E-state index contributed by atoms with van der Waals surface area (Å²) in [6.07, 6.45) is 3.40. The zero-order valence-electron chi connectivity index (χ0n) is 9.21. The number of rotatable bonds is 5. The van der Waals surface area contributed by atoms with E-state index in [-0.39, 0.29) is 6.54 Å². The molecule has 0 atom stereocenters. The monoisotopic (exact) mass is 231 g/mol. The molecule has 17 heavy (non-hydrogen) atoms. The fourth-order valence-corrected chi connectivity index (χ4v) is 1.49. The van der Waals surface area contributed by atoms with Gasteiger partial charge in [-0.2, -0.15) is 5.10 Å². The van der Waals surface area contributed by atoms with E-state index in [1.807, 2.05) is 30.3 Å². The number of hydrogen-bond donors (Lipinski definition) is 2. The lowest BCUT2D eigenvalue weighted by Crippen LogP contribution is -2.11. The number of hydrogen-bond acceptors (Lipinski definition) is 3. The number of aliphatic carboxylic acids is 1. The van der Waals surface area contributed by atoms with Gasteiger partial charge in [0.25, 0.3) is 0 Å². The van der Waals surface area contributed by atoms with E-state index in [1.54, 1.807) is 17.1 Å². The maximum Gasteiger partial charge on any atom is 0.322 e. The summed E-state index contributed by atoms with van der Waals surface area (Å²) in [5.41, 5.74) is 1.86. The molecular formula is C12H13N3O2. The van der Waals surface area contributed by atoms with Crippen LogP contribution in [0.1, 0.15) is 5.56 Å². The largest absolute Gasteiger partial charge is 0.480 e. The van der Waals surface area contributed by atoms with Crippen LogP contribution < -0.4 is 5.32 Å². The Balaban J connectivity index is 1.97. The molecule has 0 bridgehead atoms. The van der Waals surface area contributed by atoms with Crippen LogP contribution in [0.2, 0.25) is 0 Å². The van der Waals surface area contributed by atoms with Gasteiger partial charge in [0.15, 0.2) is 0 Å². The second-order valence-electron chi connectivity index (χ2n) is 3.66. The van der Waals surface area contributed by atoms with Crippen molar-refractivity contribution in [1.29, 1.82) is 0 Å². The SMILES string of the molecule is O=C(O)CNc1cnn(Cc2ccccc2)c1. The maximum atomic E-state index is 10.4. The Kier molecular flexibility index (Phi) is 3.40. The predicted molar refractivity (Wildman–Crippen MR) is 63.9 cm³/mol. The van der Waals surface area contributed by atoms with Crippen molar-refractivity contribution >= 4 is 11.7 Å². The topological polar surface area (TPSA) is 67.2 Å². The standard InChI is InChI=1S/C12H13N3O2/c16-12(17)7-13-11-6-14-15(9-11)8-10-4-2-1-3-5-10/h1-6,9,13H,7-8H2,(H,16,17). The van der Waals surface area contributed by atoms with Crippen molar-refractivity contribution in [3.63, 3.8) is 0 Å². The highest BCUT2D eigenvalue weighted by atomic mass is 16.4. The first-order chi connectivity index (χ1) is 8.24. The molecule has 0 saturated carbocycles. The van der Waals surface area contributed by atoms with E-state index < -0.39 is 5.97 Å². The number of carbonyl (C=O) groups is 1. The zero-order chi connectivity index (χ0) is 12.1. The fourth-order valence-electron chi connectivity index (χ4n) is 1.49. The first-order valence-corrected chi connectivity index (χ1v) is 5.26. The van der Waals surface area contributed by atoms with Crippen molar-refractivity contribution in [2.45, 2.75) is 6.54 Å². The number of anilines is 1. The van der Waals surface area contributed by atoms with E-state index in [9.17, 15) is 4.79 Å². The van der Waals surface area contributed by atoms with E-state index in [0.717, 1.165) is 5.56 Å². The molecule has 2 rings (SSSR count). The number of carboxylic acids is 1. The smallest absolute Gasteiger partial charge is 0.322 e. The van der Waals surface area contributed by atoms with Crippen LogP contribution >= 0.6 is 0 Å². The zero-order valence-corrected chi connectivity index (χ0v) is 9.21. The summed E-state index contributed by atoms with van der Waals surface area (Å²) >= 11 is 0. The molecule has 1 aromatic carbocycles.